The van der Waals surface area contributed by atoms with Gasteiger partial charge in [-0.25, -0.2) is 4.79 Å². The van der Waals surface area contributed by atoms with E-state index in [1.165, 1.54) is 63.4 Å². The maximum absolute atomic E-state index is 12.1. The van der Waals surface area contributed by atoms with Crippen LogP contribution in [0.4, 0.5) is 0 Å². The summed E-state index contributed by atoms with van der Waals surface area (Å²) in [6, 6.07) is 0. The third kappa shape index (κ3) is 4.54. The Morgan fingerprint density at radius 3 is 2.47 bits per heavy atom. The second kappa shape index (κ2) is 9.99. The van der Waals surface area contributed by atoms with Crippen molar-refractivity contribution in [3.8, 4) is 0 Å². The molecule has 4 aliphatic rings. The summed E-state index contributed by atoms with van der Waals surface area (Å²) >= 11 is 6.59. The van der Waals surface area contributed by atoms with Crippen molar-refractivity contribution >= 4 is 37.8 Å². The smallest absolute Gasteiger partial charge is 0.330 e. The fourth-order valence-corrected chi connectivity index (χ4v) is 9.14. The molecule has 0 N–H and O–H groups in total. The highest BCUT2D eigenvalue weighted by molar-refractivity contribution is 9.25. The number of ether oxygens (including phenoxy) is 1. The van der Waals surface area contributed by atoms with Gasteiger partial charge in [-0.15, -0.1) is 0 Å². The van der Waals surface area contributed by atoms with Gasteiger partial charge in [0, 0.05) is 0 Å². The first-order chi connectivity index (χ1) is 15.9. The minimum absolute atomic E-state index is 0.0762. The Morgan fingerprint density at radius 2 is 1.79 bits per heavy atom. The van der Waals surface area contributed by atoms with Crippen LogP contribution < -0.4 is 0 Å². The Labute approximate surface area is 225 Å². The molecule has 2 fully saturated rings. The molecule has 2 saturated carbocycles. The Hall–Kier alpha value is -0.0900. The zero-order valence-electron chi connectivity index (χ0n) is 22.3. The molecule has 192 valence electrons. The van der Waals surface area contributed by atoms with Crippen LogP contribution in [-0.4, -0.2) is 15.8 Å². The molecule has 0 aliphatic heterocycles. The summed E-state index contributed by atoms with van der Waals surface area (Å²) < 4.78 is 5.42. The van der Waals surface area contributed by atoms with E-state index in [4.69, 9.17) is 4.74 Å². The number of carbonyl (C=O) groups excluding carboxylic acids is 1. The molecule has 0 saturated heterocycles. The van der Waals surface area contributed by atoms with Crippen molar-refractivity contribution in [1.82, 2.24) is 0 Å². The topological polar surface area (TPSA) is 26.3 Å². The number of halogens is 2. The van der Waals surface area contributed by atoms with Crippen LogP contribution in [0.25, 0.3) is 0 Å². The molecule has 0 radical (unpaired) electrons. The summed E-state index contributed by atoms with van der Waals surface area (Å²) in [6.45, 7) is 14.9. The second-order valence-electron chi connectivity index (χ2n) is 13.0. The van der Waals surface area contributed by atoms with Crippen molar-refractivity contribution in [2.45, 2.75) is 122 Å². The first-order valence-corrected chi connectivity index (χ1v) is 15.6. The predicted octanol–water partition coefficient (Wildman–Crippen LogP) is 9.51. The van der Waals surface area contributed by atoms with E-state index >= 15 is 0 Å². The quantitative estimate of drug-likeness (QED) is 0.173. The second-order valence-corrected chi connectivity index (χ2v) is 16.0. The number of allylic oxidation sites excluding steroid dienone is 4. The fourth-order valence-electron chi connectivity index (χ4n) is 8.92. The van der Waals surface area contributed by atoms with Crippen LogP contribution in [0.15, 0.2) is 22.8 Å². The molecular weight excluding hydrogens is 552 g/mol. The Kier molecular flexibility index (Phi) is 7.92. The summed E-state index contributed by atoms with van der Waals surface area (Å²) in [5.74, 6) is 2.12. The van der Waals surface area contributed by atoms with Gasteiger partial charge in [0.25, 0.3) is 0 Å². The van der Waals surface area contributed by atoms with E-state index in [9.17, 15) is 4.79 Å². The lowest BCUT2D eigenvalue weighted by atomic mass is 9.46. The molecule has 0 bridgehead atoms. The normalized spacial score (nSPS) is 40.3. The van der Waals surface area contributed by atoms with Crippen molar-refractivity contribution in [2.24, 2.45) is 34.0 Å². The highest BCUT2D eigenvalue weighted by atomic mass is 79.9. The van der Waals surface area contributed by atoms with E-state index in [0.717, 1.165) is 24.7 Å². The highest BCUT2D eigenvalue weighted by Crippen LogP contribution is 2.71. The molecule has 7 unspecified atom stereocenters. The third-order valence-corrected chi connectivity index (χ3v) is 11.9. The summed E-state index contributed by atoms with van der Waals surface area (Å²) in [6.07, 6.45) is 16.2. The van der Waals surface area contributed by atoms with Gasteiger partial charge in [-0.3, -0.25) is 0 Å². The zero-order valence-corrected chi connectivity index (χ0v) is 25.5. The number of hydrogen-bond donors (Lipinski definition) is 0. The Morgan fingerprint density at radius 1 is 1.06 bits per heavy atom. The van der Waals surface area contributed by atoms with Gasteiger partial charge in [0.2, 0.25) is 0 Å². The van der Waals surface area contributed by atoms with Crippen LogP contribution in [0, 0.1) is 34.0 Å². The fraction of sp³-hybridized carbons (Fsp3) is 0.833. The van der Waals surface area contributed by atoms with Crippen LogP contribution in [0.2, 0.25) is 0 Å². The minimum atomic E-state index is -0.398. The molecule has 7 atom stereocenters. The lowest BCUT2D eigenvalue weighted by Crippen LogP contribution is -2.49. The molecule has 0 aromatic carbocycles. The average molecular weight is 599 g/mol. The van der Waals surface area contributed by atoms with Crippen molar-refractivity contribution in [3.05, 3.63) is 22.8 Å². The van der Waals surface area contributed by atoms with Crippen LogP contribution in [-0.2, 0) is 9.53 Å². The van der Waals surface area contributed by atoms with Crippen molar-refractivity contribution in [1.29, 1.82) is 0 Å². The minimum Gasteiger partial charge on any atom is -0.461 e. The largest absolute Gasteiger partial charge is 0.461 e. The van der Waals surface area contributed by atoms with Crippen LogP contribution in [0.5, 0.6) is 0 Å². The van der Waals surface area contributed by atoms with E-state index in [2.05, 4.69) is 79.5 Å². The van der Waals surface area contributed by atoms with Gasteiger partial charge < -0.3 is 4.74 Å². The van der Waals surface area contributed by atoms with Gasteiger partial charge >= 0.3 is 5.97 Å². The number of rotatable bonds is 6. The predicted molar refractivity (Wildman–Crippen MR) is 149 cm³/mol. The maximum atomic E-state index is 12.1. The molecule has 0 heterocycles. The first kappa shape index (κ1) is 27.0. The zero-order chi connectivity index (χ0) is 24.9. The summed E-state index contributed by atoms with van der Waals surface area (Å²) in [7, 11) is 0. The summed E-state index contributed by atoms with van der Waals surface area (Å²) in [4.78, 5) is 12.1. The highest BCUT2D eigenvalue weighted by Gasteiger charge is 2.61. The number of fused-ring (bicyclic) bond motifs is 4. The molecule has 0 aromatic heterocycles. The summed E-state index contributed by atoms with van der Waals surface area (Å²) in [5.41, 5.74) is 6.24. The van der Waals surface area contributed by atoms with Gasteiger partial charge in [0.05, 0.1) is 0 Å². The van der Waals surface area contributed by atoms with Gasteiger partial charge in [-0.05, 0) is 118 Å². The van der Waals surface area contributed by atoms with Gasteiger partial charge in [0.15, 0.2) is 3.74 Å². The number of alkyl halides is 2. The van der Waals surface area contributed by atoms with Crippen LogP contribution >= 0.6 is 31.9 Å². The summed E-state index contributed by atoms with van der Waals surface area (Å²) in [5, 5.41) is 0. The lowest BCUT2D eigenvalue weighted by molar-refractivity contribution is -0.150. The maximum Gasteiger partial charge on any atom is 0.330 e. The Bertz CT molecular complexity index is 856. The Balaban J connectivity index is 1.53. The van der Waals surface area contributed by atoms with Crippen LogP contribution in [0.3, 0.4) is 0 Å². The molecule has 4 aliphatic carbocycles. The standard InChI is InChI=1S/C30H46Br2O2/c1-19(2)8-7-9-20(3)23-13-16-30(6)25-11-10-21-18-22(34-27(33)26(31)32)12-15-28(21,4)24(25)14-17-29(23,30)5/h8,20-23,26H,7,9-18H2,1-6H3. The molecule has 0 spiro atoms. The SMILES string of the molecule is CC(C)=CCCC(C)C1CCC2(C)C3=C(CCC12C)C1(C)CCC(OC(=O)C(Br)Br)CC1CC3. The third-order valence-electron chi connectivity index (χ3n) is 11.1. The first-order valence-electron chi connectivity index (χ1n) is 13.8. The molecular formula is C30H46Br2O2. The average Bonchev–Trinajstić information content (AvgIpc) is 3.05. The molecule has 4 rings (SSSR count). The number of esters is 1. The van der Waals surface area contributed by atoms with Crippen molar-refractivity contribution in [3.63, 3.8) is 0 Å². The molecule has 2 nitrogen and oxygen atoms in total. The van der Waals surface area contributed by atoms with E-state index in [-0.39, 0.29) is 12.1 Å². The van der Waals surface area contributed by atoms with Gasteiger partial charge in [0.1, 0.15) is 6.10 Å². The van der Waals surface area contributed by atoms with E-state index in [1.54, 1.807) is 0 Å². The van der Waals surface area contributed by atoms with E-state index in [0.29, 0.717) is 22.2 Å². The number of hydrogen-bond acceptors (Lipinski definition) is 2. The van der Waals surface area contributed by atoms with Crippen LogP contribution in [0.1, 0.15) is 112 Å². The van der Waals surface area contributed by atoms with Crippen molar-refractivity contribution < 1.29 is 9.53 Å². The molecule has 0 aromatic rings. The van der Waals surface area contributed by atoms with E-state index < -0.39 is 3.74 Å². The molecule has 34 heavy (non-hydrogen) atoms. The van der Waals surface area contributed by atoms with Gasteiger partial charge in [-0.2, -0.15) is 0 Å². The lowest BCUT2D eigenvalue weighted by Gasteiger charge is -2.59. The van der Waals surface area contributed by atoms with Gasteiger partial charge in [-0.1, -0.05) is 82.4 Å². The molecule has 4 heteroatoms. The van der Waals surface area contributed by atoms with E-state index in [1.807, 2.05) is 11.1 Å². The molecule has 0 amide bonds. The van der Waals surface area contributed by atoms with Crippen molar-refractivity contribution in [2.75, 3.05) is 0 Å². The number of carbonyl (C=O) groups is 1. The monoisotopic (exact) mass is 596 g/mol.